The Morgan fingerprint density at radius 1 is 1.31 bits per heavy atom. The van der Waals surface area contributed by atoms with Crippen molar-refractivity contribution >= 4 is 0 Å². The Bertz CT molecular complexity index is 326. The third kappa shape index (κ3) is 3.42. The van der Waals surface area contributed by atoms with E-state index in [4.69, 9.17) is 9.47 Å². The summed E-state index contributed by atoms with van der Waals surface area (Å²) in [5.41, 5.74) is 1.19. The third-order valence-corrected chi connectivity index (χ3v) is 2.51. The van der Waals surface area contributed by atoms with E-state index in [1.54, 1.807) is 7.11 Å². The molecule has 0 radical (unpaired) electrons. The molecule has 1 rings (SSSR count). The molecule has 0 aliphatic rings. The molecular formula is C13H21NO2. The number of methoxy groups -OCH3 is 1. The van der Waals surface area contributed by atoms with Crippen molar-refractivity contribution in [2.75, 3.05) is 14.2 Å². The van der Waals surface area contributed by atoms with Crippen LogP contribution >= 0.6 is 0 Å². The van der Waals surface area contributed by atoms with E-state index in [2.05, 4.69) is 25.2 Å². The Kier molecular flexibility index (Phi) is 5.12. The van der Waals surface area contributed by atoms with Crippen LogP contribution in [0.2, 0.25) is 0 Å². The monoisotopic (exact) mass is 223 g/mol. The SMILES string of the molecule is CCC(C)Oc1ccc(CNC)cc1OC. The van der Waals surface area contributed by atoms with E-state index in [-0.39, 0.29) is 6.10 Å². The minimum Gasteiger partial charge on any atom is -0.493 e. The van der Waals surface area contributed by atoms with Crippen molar-refractivity contribution in [3.63, 3.8) is 0 Å². The molecule has 0 bridgehead atoms. The van der Waals surface area contributed by atoms with Crippen molar-refractivity contribution in [2.24, 2.45) is 0 Å². The van der Waals surface area contributed by atoms with Gasteiger partial charge in [0.2, 0.25) is 0 Å². The van der Waals surface area contributed by atoms with Crippen molar-refractivity contribution in [1.29, 1.82) is 0 Å². The first kappa shape index (κ1) is 12.8. The second-order valence-corrected chi connectivity index (χ2v) is 3.85. The van der Waals surface area contributed by atoms with Crippen LogP contribution in [0.15, 0.2) is 18.2 Å². The third-order valence-electron chi connectivity index (χ3n) is 2.51. The summed E-state index contributed by atoms with van der Waals surface area (Å²) >= 11 is 0. The van der Waals surface area contributed by atoms with Gasteiger partial charge in [0.1, 0.15) is 0 Å². The van der Waals surface area contributed by atoms with E-state index in [0.29, 0.717) is 0 Å². The Balaban J connectivity index is 2.84. The summed E-state index contributed by atoms with van der Waals surface area (Å²) in [6.45, 7) is 4.99. The van der Waals surface area contributed by atoms with Gasteiger partial charge in [-0.05, 0) is 38.1 Å². The number of nitrogens with one attached hydrogen (secondary N) is 1. The van der Waals surface area contributed by atoms with Gasteiger partial charge in [-0.15, -0.1) is 0 Å². The highest BCUT2D eigenvalue weighted by Crippen LogP contribution is 2.29. The predicted octanol–water partition coefficient (Wildman–Crippen LogP) is 2.59. The minimum absolute atomic E-state index is 0.212. The lowest BCUT2D eigenvalue weighted by molar-refractivity contribution is 0.207. The molecule has 1 atom stereocenters. The molecule has 0 aliphatic carbocycles. The molecule has 0 fully saturated rings. The van der Waals surface area contributed by atoms with Crippen LogP contribution in [0.1, 0.15) is 25.8 Å². The van der Waals surface area contributed by atoms with Crippen molar-refractivity contribution in [3.8, 4) is 11.5 Å². The summed E-state index contributed by atoms with van der Waals surface area (Å²) in [6, 6.07) is 6.03. The van der Waals surface area contributed by atoms with Gasteiger partial charge in [0.15, 0.2) is 11.5 Å². The lowest BCUT2D eigenvalue weighted by atomic mass is 10.2. The fraction of sp³-hybridized carbons (Fsp3) is 0.538. The lowest BCUT2D eigenvalue weighted by Crippen LogP contribution is -2.11. The first-order valence-corrected chi connectivity index (χ1v) is 5.69. The predicted molar refractivity (Wildman–Crippen MR) is 66.1 cm³/mol. The Morgan fingerprint density at radius 2 is 2.06 bits per heavy atom. The average Bonchev–Trinajstić information content (AvgIpc) is 2.31. The van der Waals surface area contributed by atoms with Crippen LogP contribution in [0.4, 0.5) is 0 Å². The molecule has 0 aromatic heterocycles. The summed E-state index contributed by atoms with van der Waals surface area (Å²) < 4.78 is 11.1. The minimum atomic E-state index is 0.212. The molecule has 0 heterocycles. The zero-order chi connectivity index (χ0) is 12.0. The molecular weight excluding hydrogens is 202 g/mol. The number of ether oxygens (including phenoxy) is 2. The second-order valence-electron chi connectivity index (χ2n) is 3.85. The highest BCUT2D eigenvalue weighted by Gasteiger charge is 2.08. The Morgan fingerprint density at radius 3 is 2.62 bits per heavy atom. The maximum atomic E-state index is 5.77. The lowest BCUT2D eigenvalue weighted by Gasteiger charge is -2.16. The van der Waals surface area contributed by atoms with Gasteiger partial charge in [0.25, 0.3) is 0 Å². The molecule has 0 aliphatic heterocycles. The van der Waals surface area contributed by atoms with Crippen molar-refractivity contribution in [1.82, 2.24) is 5.32 Å². The molecule has 0 spiro atoms. The maximum absolute atomic E-state index is 5.77. The van der Waals surface area contributed by atoms with E-state index in [1.807, 2.05) is 19.2 Å². The zero-order valence-corrected chi connectivity index (χ0v) is 10.5. The van der Waals surface area contributed by atoms with Gasteiger partial charge in [0.05, 0.1) is 13.2 Å². The molecule has 0 saturated carbocycles. The summed E-state index contributed by atoms with van der Waals surface area (Å²) in [6.07, 6.45) is 1.20. The summed E-state index contributed by atoms with van der Waals surface area (Å²) in [5, 5.41) is 3.11. The fourth-order valence-electron chi connectivity index (χ4n) is 1.42. The number of hydrogen-bond acceptors (Lipinski definition) is 3. The highest BCUT2D eigenvalue weighted by atomic mass is 16.5. The zero-order valence-electron chi connectivity index (χ0n) is 10.5. The van der Waals surface area contributed by atoms with E-state index in [9.17, 15) is 0 Å². The van der Waals surface area contributed by atoms with Crippen LogP contribution < -0.4 is 14.8 Å². The van der Waals surface area contributed by atoms with E-state index < -0.39 is 0 Å². The Labute approximate surface area is 97.8 Å². The molecule has 3 nitrogen and oxygen atoms in total. The Hall–Kier alpha value is -1.22. The van der Waals surface area contributed by atoms with Gasteiger partial charge >= 0.3 is 0 Å². The van der Waals surface area contributed by atoms with Crippen molar-refractivity contribution < 1.29 is 9.47 Å². The first-order valence-electron chi connectivity index (χ1n) is 5.69. The molecule has 16 heavy (non-hydrogen) atoms. The van der Waals surface area contributed by atoms with Gasteiger partial charge in [-0.3, -0.25) is 0 Å². The molecule has 0 saturated heterocycles. The van der Waals surface area contributed by atoms with Crippen LogP contribution in [-0.2, 0) is 6.54 Å². The second kappa shape index (κ2) is 6.38. The molecule has 0 amide bonds. The smallest absolute Gasteiger partial charge is 0.161 e. The normalized spacial score (nSPS) is 12.2. The fourth-order valence-corrected chi connectivity index (χ4v) is 1.42. The van der Waals surface area contributed by atoms with E-state index in [0.717, 1.165) is 24.5 Å². The quantitative estimate of drug-likeness (QED) is 0.804. The van der Waals surface area contributed by atoms with Crippen molar-refractivity contribution in [3.05, 3.63) is 23.8 Å². The summed E-state index contributed by atoms with van der Waals surface area (Å²) in [7, 11) is 3.60. The maximum Gasteiger partial charge on any atom is 0.161 e. The van der Waals surface area contributed by atoms with Gasteiger partial charge in [0, 0.05) is 6.54 Å². The average molecular weight is 223 g/mol. The molecule has 1 unspecified atom stereocenters. The van der Waals surface area contributed by atoms with Crippen LogP contribution in [0.25, 0.3) is 0 Å². The van der Waals surface area contributed by atoms with Crippen LogP contribution in [-0.4, -0.2) is 20.3 Å². The summed E-state index contributed by atoms with van der Waals surface area (Å²) in [4.78, 5) is 0. The van der Waals surface area contributed by atoms with Gasteiger partial charge in [-0.2, -0.15) is 0 Å². The van der Waals surface area contributed by atoms with E-state index >= 15 is 0 Å². The molecule has 3 heteroatoms. The standard InChI is InChI=1S/C13H21NO2/c1-5-10(2)16-12-7-6-11(9-14-3)8-13(12)15-4/h6-8,10,14H,5,9H2,1-4H3. The molecule has 1 aromatic carbocycles. The highest BCUT2D eigenvalue weighted by molar-refractivity contribution is 5.43. The molecule has 1 aromatic rings. The van der Waals surface area contributed by atoms with Crippen LogP contribution in [0, 0.1) is 0 Å². The van der Waals surface area contributed by atoms with Gasteiger partial charge in [-0.1, -0.05) is 13.0 Å². The van der Waals surface area contributed by atoms with E-state index in [1.165, 1.54) is 5.56 Å². The van der Waals surface area contributed by atoms with Gasteiger partial charge in [-0.25, -0.2) is 0 Å². The van der Waals surface area contributed by atoms with Crippen molar-refractivity contribution in [2.45, 2.75) is 32.9 Å². The van der Waals surface area contributed by atoms with Crippen LogP contribution in [0.3, 0.4) is 0 Å². The van der Waals surface area contributed by atoms with Crippen LogP contribution in [0.5, 0.6) is 11.5 Å². The first-order chi connectivity index (χ1) is 7.71. The number of hydrogen-bond donors (Lipinski definition) is 1. The summed E-state index contributed by atoms with van der Waals surface area (Å²) in [5.74, 6) is 1.62. The molecule has 1 N–H and O–H groups in total. The topological polar surface area (TPSA) is 30.5 Å². The molecule has 90 valence electrons. The largest absolute Gasteiger partial charge is 0.493 e. The van der Waals surface area contributed by atoms with Gasteiger partial charge < -0.3 is 14.8 Å². The number of benzene rings is 1. The number of rotatable bonds is 6.